The fraction of sp³-hybridized carbons (Fsp3) is 0.889. The Kier molecular flexibility index (Phi) is 7.87. The summed E-state index contributed by atoms with van der Waals surface area (Å²) in [6.45, 7) is 10.2. The number of hydrogen-bond donors (Lipinski definition) is 1. The molecule has 1 saturated carbocycles. The van der Waals surface area contributed by atoms with Crippen LogP contribution in [0.1, 0.15) is 46.5 Å². The lowest BCUT2D eigenvalue weighted by Crippen LogP contribution is -2.51. The molecule has 2 rings (SSSR count). The van der Waals surface area contributed by atoms with Crippen LogP contribution in [-0.4, -0.2) is 77.7 Å². The highest BCUT2D eigenvalue weighted by Crippen LogP contribution is 2.28. The number of carbonyl (C=O) groups excluding carboxylic acids is 2. The standard InChI is InChI=1S/C18H33N3O3S/c1-18(2,3)24-17(23)21-12-10-20(11-13-21)9-8-19-16(22)14-25-15-6-4-5-7-15/h15H,4-14H2,1-3H3,(H,19,22). The minimum atomic E-state index is -0.449. The van der Waals surface area contributed by atoms with Gasteiger partial charge in [-0.05, 0) is 33.6 Å². The normalized spacial score (nSPS) is 19.9. The van der Waals surface area contributed by atoms with Gasteiger partial charge in [0.25, 0.3) is 0 Å². The largest absolute Gasteiger partial charge is 0.444 e. The number of amides is 2. The van der Waals surface area contributed by atoms with E-state index >= 15 is 0 Å². The minimum absolute atomic E-state index is 0.143. The summed E-state index contributed by atoms with van der Waals surface area (Å²) in [6, 6.07) is 0. The Balaban J connectivity index is 1.54. The van der Waals surface area contributed by atoms with Crippen LogP contribution in [-0.2, 0) is 9.53 Å². The van der Waals surface area contributed by atoms with E-state index in [1.165, 1.54) is 25.7 Å². The Morgan fingerprint density at radius 2 is 1.76 bits per heavy atom. The van der Waals surface area contributed by atoms with Crippen molar-refractivity contribution >= 4 is 23.8 Å². The van der Waals surface area contributed by atoms with Crippen molar-refractivity contribution in [1.29, 1.82) is 0 Å². The van der Waals surface area contributed by atoms with Gasteiger partial charge in [-0.15, -0.1) is 11.8 Å². The van der Waals surface area contributed by atoms with E-state index < -0.39 is 5.60 Å². The Morgan fingerprint density at radius 3 is 2.36 bits per heavy atom. The van der Waals surface area contributed by atoms with Crippen molar-refractivity contribution in [2.75, 3.05) is 45.0 Å². The third kappa shape index (κ3) is 7.86. The predicted octanol–water partition coefficient (Wildman–Crippen LogP) is 2.33. The molecule has 2 aliphatic rings. The number of nitrogens with zero attached hydrogens (tertiary/aromatic N) is 2. The molecule has 1 heterocycles. The van der Waals surface area contributed by atoms with E-state index in [1.54, 1.807) is 16.7 Å². The molecule has 2 fully saturated rings. The molecule has 144 valence electrons. The van der Waals surface area contributed by atoms with Crippen LogP contribution in [0.3, 0.4) is 0 Å². The van der Waals surface area contributed by atoms with Crippen molar-refractivity contribution < 1.29 is 14.3 Å². The highest BCUT2D eigenvalue weighted by Gasteiger charge is 2.25. The molecule has 1 aliphatic heterocycles. The summed E-state index contributed by atoms with van der Waals surface area (Å²) >= 11 is 1.80. The van der Waals surface area contributed by atoms with Crippen LogP contribution in [0.4, 0.5) is 4.79 Å². The summed E-state index contributed by atoms with van der Waals surface area (Å²) in [5.41, 5.74) is -0.449. The first-order valence-electron chi connectivity index (χ1n) is 9.42. The maximum absolute atomic E-state index is 12.0. The Bertz CT molecular complexity index is 439. The van der Waals surface area contributed by atoms with Crippen LogP contribution in [0.25, 0.3) is 0 Å². The number of nitrogens with one attached hydrogen (secondary N) is 1. The van der Waals surface area contributed by atoms with E-state index in [9.17, 15) is 9.59 Å². The Morgan fingerprint density at radius 1 is 1.12 bits per heavy atom. The smallest absolute Gasteiger partial charge is 0.410 e. The molecule has 0 aromatic heterocycles. The Labute approximate surface area is 156 Å². The van der Waals surface area contributed by atoms with Gasteiger partial charge in [-0.25, -0.2) is 4.79 Å². The molecule has 25 heavy (non-hydrogen) atoms. The van der Waals surface area contributed by atoms with Gasteiger partial charge in [0.05, 0.1) is 5.75 Å². The van der Waals surface area contributed by atoms with Gasteiger partial charge in [0.15, 0.2) is 0 Å². The summed E-state index contributed by atoms with van der Waals surface area (Å²) in [6.07, 6.45) is 4.92. The number of hydrogen-bond acceptors (Lipinski definition) is 5. The third-order valence-electron chi connectivity index (χ3n) is 4.53. The van der Waals surface area contributed by atoms with Crippen molar-refractivity contribution in [2.45, 2.75) is 57.3 Å². The van der Waals surface area contributed by atoms with Gasteiger partial charge in [-0.1, -0.05) is 12.8 Å². The molecule has 1 N–H and O–H groups in total. The van der Waals surface area contributed by atoms with Gasteiger partial charge in [0, 0.05) is 44.5 Å². The first-order valence-corrected chi connectivity index (χ1v) is 10.5. The molecule has 0 atom stereocenters. The maximum Gasteiger partial charge on any atom is 0.410 e. The van der Waals surface area contributed by atoms with Crippen LogP contribution in [0.15, 0.2) is 0 Å². The first-order chi connectivity index (χ1) is 11.8. The van der Waals surface area contributed by atoms with Crippen molar-refractivity contribution in [3.8, 4) is 0 Å². The molecular formula is C18H33N3O3S. The van der Waals surface area contributed by atoms with Crippen LogP contribution in [0.5, 0.6) is 0 Å². The van der Waals surface area contributed by atoms with Gasteiger partial charge in [0.1, 0.15) is 5.60 Å². The first kappa shape index (κ1) is 20.4. The van der Waals surface area contributed by atoms with E-state index in [-0.39, 0.29) is 12.0 Å². The third-order valence-corrected chi connectivity index (χ3v) is 5.90. The Hall–Kier alpha value is -0.950. The average molecular weight is 372 g/mol. The zero-order valence-electron chi connectivity index (χ0n) is 15.9. The zero-order valence-corrected chi connectivity index (χ0v) is 16.7. The summed E-state index contributed by atoms with van der Waals surface area (Å²) in [4.78, 5) is 28.0. The van der Waals surface area contributed by atoms with E-state index in [4.69, 9.17) is 4.74 Å². The lowest BCUT2D eigenvalue weighted by atomic mass is 10.2. The highest BCUT2D eigenvalue weighted by atomic mass is 32.2. The second-order valence-electron chi connectivity index (χ2n) is 7.88. The fourth-order valence-corrected chi connectivity index (χ4v) is 4.29. The van der Waals surface area contributed by atoms with E-state index in [0.29, 0.717) is 30.6 Å². The molecule has 0 aromatic carbocycles. The molecule has 7 heteroatoms. The van der Waals surface area contributed by atoms with Crippen molar-refractivity contribution in [2.24, 2.45) is 0 Å². The molecule has 1 saturated heterocycles. The quantitative estimate of drug-likeness (QED) is 0.776. The second kappa shape index (κ2) is 9.67. The monoisotopic (exact) mass is 371 g/mol. The summed E-state index contributed by atoms with van der Waals surface area (Å²) in [5, 5.41) is 3.70. The van der Waals surface area contributed by atoms with Crippen LogP contribution >= 0.6 is 11.8 Å². The van der Waals surface area contributed by atoms with E-state index in [0.717, 1.165) is 19.6 Å². The lowest BCUT2D eigenvalue weighted by Gasteiger charge is -2.35. The van der Waals surface area contributed by atoms with Gasteiger partial charge in [0.2, 0.25) is 5.91 Å². The van der Waals surface area contributed by atoms with Gasteiger partial charge in [-0.3, -0.25) is 9.69 Å². The second-order valence-corrected chi connectivity index (χ2v) is 9.17. The van der Waals surface area contributed by atoms with Crippen LogP contribution in [0, 0.1) is 0 Å². The lowest BCUT2D eigenvalue weighted by molar-refractivity contribution is -0.118. The van der Waals surface area contributed by atoms with Gasteiger partial charge >= 0.3 is 6.09 Å². The molecule has 0 spiro atoms. The minimum Gasteiger partial charge on any atom is -0.444 e. The summed E-state index contributed by atoms with van der Waals surface area (Å²) in [7, 11) is 0. The SMILES string of the molecule is CC(C)(C)OC(=O)N1CCN(CCNC(=O)CSC2CCCC2)CC1. The molecule has 1 aliphatic carbocycles. The van der Waals surface area contributed by atoms with Crippen molar-refractivity contribution in [3.63, 3.8) is 0 Å². The predicted molar refractivity (Wildman–Crippen MR) is 102 cm³/mol. The highest BCUT2D eigenvalue weighted by molar-refractivity contribution is 8.00. The average Bonchev–Trinajstić information content (AvgIpc) is 3.05. The molecule has 0 bridgehead atoms. The molecule has 0 aromatic rings. The van der Waals surface area contributed by atoms with E-state index in [1.807, 2.05) is 20.8 Å². The number of carbonyl (C=O) groups is 2. The van der Waals surface area contributed by atoms with Gasteiger partial charge in [-0.2, -0.15) is 0 Å². The van der Waals surface area contributed by atoms with Crippen molar-refractivity contribution in [3.05, 3.63) is 0 Å². The fourth-order valence-electron chi connectivity index (χ4n) is 3.13. The topological polar surface area (TPSA) is 61.9 Å². The number of ether oxygens (including phenoxy) is 1. The molecule has 0 radical (unpaired) electrons. The molecular weight excluding hydrogens is 338 g/mol. The zero-order chi connectivity index (χ0) is 18.3. The van der Waals surface area contributed by atoms with Crippen LogP contribution in [0.2, 0.25) is 0 Å². The van der Waals surface area contributed by atoms with Gasteiger partial charge < -0.3 is 15.0 Å². The molecule has 2 amide bonds. The van der Waals surface area contributed by atoms with Crippen LogP contribution < -0.4 is 5.32 Å². The number of thioether (sulfide) groups is 1. The molecule has 6 nitrogen and oxygen atoms in total. The van der Waals surface area contributed by atoms with E-state index in [2.05, 4.69) is 10.2 Å². The molecule has 0 unspecified atom stereocenters. The van der Waals surface area contributed by atoms with Crippen molar-refractivity contribution in [1.82, 2.24) is 15.1 Å². The number of rotatable bonds is 6. The summed E-state index contributed by atoms with van der Waals surface area (Å²) < 4.78 is 5.40. The summed E-state index contributed by atoms with van der Waals surface area (Å²) in [5.74, 6) is 0.723. The maximum atomic E-state index is 12.0. The number of piperazine rings is 1.